The van der Waals surface area contributed by atoms with Crippen LogP contribution in [-0.4, -0.2) is 24.6 Å². The molecule has 152 valence electrons. The molecule has 0 saturated carbocycles. The van der Waals surface area contributed by atoms with Crippen molar-refractivity contribution in [3.63, 3.8) is 0 Å². The predicted molar refractivity (Wildman–Crippen MR) is 101 cm³/mol. The van der Waals surface area contributed by atoms with Crippen LogP contribution in [0.1, 0.15) is 30.0 Å². The maximum atomic E-state index is 13.7. The molecule has 0 spiro atoms. The van der Waals surface area contributed by atoms with Crippen molar-refractivity contribution in [2.45, 2.75) is 26.6 Å². The Labute approximate surface area is 165 Å². The van der Waals surface area contributed by atoms with E-state index in [2.05, 4.69) is 5.32 Å². The van der Waals surface area contributed by atoms with E-state index in [1.165, 1.54) is 6.92 Å². The first-order valence-corrected chi connectivity index (χ1v) is 8.95. The summed E-state index contributed by atoms with van der Waals surface area (Å²) in [4.78, 5) is 24.8. The average molecular weight is 403 g/mol. The molecule has 0 bridgehead atoms. The number of benzene rings is 2. The lowest BCUT2D eigenvalue weighted by atomic mass is 10.1. The number of hydrogen-bond donors (Lipinski definition) is 1. The first kappa shape index (κ1) is 20.5. The van der Waals surface area contributed by atoms with E-state index < -0.39 is 29.6 Å². The highest BCUT2D eigenvalue weighted by atomic mass is 19.1. The quantitative estimate of drug-likeness (QED) is 0.591. The third-order valence-corrected chi connectivity index (χ3v) is 4.17. The van der Waals surface area contributed by atoms with Crippen molar-refractivity contribution in [1.29, 1.82) is 0 Å². The summed E-state index contributed by atoms with van der Waals surface area (Å²) in [6.07, 6.45) is -1.28. The predicted octanol–water partition coefficient (Wildman–Crippen LogP) is 4.43. The van der Waals surface area contributed by atoms with Gasteiger partial charge in [-0.2, -0.15) is 0 Å². The van der Waals surface area contributed by atoms with Crippen LogP contribution in [0.4, 0.5) is 14.5 Å². The molecule has 1 amide bonds. The highest BCUT2D eigenvalue weighted by Crippen LogP contribution is 2.27. The van der Waals surface area contributed by atoms with Gasteiger partial charge in [-0.25, -0.2) is 13.6 Å². The Kier molecular flexibility index (Phi) is 6.23. The van der Waals surface area contributed by atoms with Gasteiger partial charge in [0.25, 0.3) is 5.91 Å². The van der Waals surface area contributed by atoms with E-state index in [-0.39, 0.29) is 18.1 Å². The van der Waals surface area contributed by atoms with Crippen molar-refractivity contribution >= 4 is 28.5 Å². The van der Waals surface area contributed by atoms with Gasteiger partial charge in [-0.3, -0.25) is 4.79 Å². The molecule has 0 fully saturated rings. The highest BCUT2D eigenvalue weighted by molar-refractivity contribution is 5.99. The van der Waals surface area contributed by atoms with E-state index >= 15 is 0 Å². The Balaban J connectivity index is 1.77. The Morgan fingerprint density at radius 2 is 1.93 bits per heavy atom. The van der Waals surface area contributed by atoms with E-state index in [1.807, 2.05) is 6.92 Å². The summed E-state index contributed by atoms with van der Waals surface area (Å²) >= 11 is 0. The second-order valence-corrected chi connectivity index (χ2v) is 6.20. The normalized spacial score (nSPS) is 12.0. The molecule has 1 aromatic heterocycles. The zero-order valence-electron chi connectivity index (χ0n) is 15.8. The van der Waals surface area contributed by atoms with Crippen LogP contribution in [0.5, 0.6) is 0 Å². The molecule has 1 heterocycles. The van der Waals surface area contributed by atoms with Gasteiger partial charge in [0.2, 0.25) is 5.76 Å². The van der Waals surface area contributed by atoms with Crippen LogP contribution in [0, 0.1) is 11.6 Å². The molecule has 6 nitrogen and oxygen atoms in total. The molecule has 3 rings (SSSR count). The number of carbonyl (C=O) groups is 2. The average Bonchev–Trinajstić information content (AvgIpc) is 3.07. The number of fused-ring (bicyclic) bond motifs is 1. The second kappa shape index (κ2) is 8.83. The number of halogens is 2. The topological polar surface area (TPSA) is 77.8 Å². The van der Waals surface area contributed by atoms with Gasteiger partial charge in [0, 0.05) is 23.6 Å². The van der Waals surface area contributed by atoms with Crippen molar-refractivity contribution in [3.8, 4) is 0 Å². The van der Waals surface area contributed by atoms with Crippen LogP contribution in [0.3, 0.4) is 0 Å². The van der Waals surface area contributed by atoms with Crippen molar-refractivity contribution in [2.75, 3.05) is 11.9 Å². The van der Waals surface area contributed by atoms with E-state index in [0.29, 0.717) is 23.1 Å². The molecular weight excluding hydrogens is 384 g/mol. The number of rotatable bonds is 7. The minimum Gasteiger partial charge on any atom is -0.449 e. The summed E-state index contributed by atoms with van der Waals surface area (Å²) < 4.78 is 43.1. The number of esters is 1. The van der Waals surface area contributed by atoms with Gasteiger partial charge in [-0.1, -0.05) is 18.2 Å². The van der Waals surface area contributed by atoms with E-state index in [1.54, 1.807) is 24.3 Å². The number of anilines is 1. The smallest absolute Gasteiger partial charge is 0.375 e. The zero-order valence-corrected chi connectivity index (χ0v) is 15.8. The monoisotopic (exact) mass is 403 g/mol. The standard InChI is InChI=1S/C21H19F2NO5/c1-3-27-11-15-14-6-4-5-7-18(14)29-19(15)21(26)28-12(2)20(25)24-17-10-13(22)8-9-16(17)23/h4-10,12H,3,11H2,1-2H3,(H,24,25)/t12-/m1/s1. The highest BCUT2D eigenvalue weighted by Gasteiger charge is 2.26. The SMILES string of the molecule is CCOCc1c(C(=O)O[C@H](C)C(=O)Nc2cc(F)ccc2F)oc2ccccc12. The van der Waals surface area contributed by atoms with Crippen molar-refractivity contribution in [1.82, 2.24) is 0 Å². The first-order chi connectivity index (χ1) is 13.9. The zero-order chi connectivity index (χ0) is 21.0. The minimum atomic E-state index is -1.28. The van der Waals surface area contributed by atoms with Gasteiger partial charge in [0.15, 0.2) is 6.10 Å². The summed E-state index contributed by atoms with van der Waals surface area (Å²) in [5, 5.41) is 2.90. The lowest BCUT2D eigenvalue weighted by Gasteiger charge is -2.13. The van der Waals surface area contributed by atoms with Crippen LogP contribution in [0.25, 0.3) is 11.0 Å². The maximum absolute atomic E-state index is 13.7. The fourth-order valence-corrected chi connectivity index (χ4v) is 2.71. The molecule has 0 saturated heterocycles. The largest absolute Gasteiger partial charge is 0.449 e. The lowest BCUT2D eigenvalue weighted by molar-refractivity contribution is -0.123. The van der Waals surface area contributed by atoms with Gasteiger partial charge < -0.3 is 19.2 Å². The van der Waals surface area contributed by atoms with Crippen LogP contribution >= 0.6 is 0 Å². The molecule has 1 atom stereocenters. The Morgan fingerprint density at radius 1 is 1.17 bits per heavy atom. The molecule has 0 unspecified atom stereocenters. The molecule has 3 aromatic rings. The molecule has 1 N–H and O–H groups in total. The molecule has 0 aliphatic rings. The third-order valence-electron chi connectivity index (χ3n) is 4.17. The summed E-state index contributed by atoms with van der Waals surface area (Å²) in [7, 11) is 0. The Hall–Kier alpha value is -3.26. The van der Waals surface area contributed by atoms with Gasteiger partial charge in [0.1, 0.15) is 17.2 Å². The van der Waals surface area contributed by atoms with Gasteiger partial charge in [-0.05, 0) is 32.0 Å². The fraction of sp³-hybridized carbons (Fsp3) is 0.238. The Morgan fingerprint density at radius 3 is 2.69 bits per heavy atom. The molecule has 0 aliphatic heterocycles. The van der Waals surface area contributed by atoms with Crippen LogP contribution < -0.4 is 5.32 Å². The molecule has 0 aliphatic carbocycles. The van der Waals surface area contributed by atoms with Gasteiger partial charge >= 0.3 is 5.97 Å². The molecule has 0 radical (unpaired) electrons. The number of ether oxygens (including phenoxy) is 2. The van der Waals surface area contributed by atoms with Crippen LogP contribution in [-0.2, 0) is 20.9 Å². The van der Waals surface area contributed by atoms with E-state index in [4.69, 9.17) is 13.9 Å². The van der Waals surface area contributed by atoms with Crippen LogP contribution in [0.15, 0.2) is 46.9 Å². The molecular formula is C21H19F2NO5. The molecule has 8 heteroatoms. The summed E-state index contributed by atoms with van der Waals surface area (Å²) in [6.45, 7) is 3.70. The molecule has 29 heavy (non-hydrogen) atoms. The lowest BCUT2D eigenvalue weighted by Crippen LogP contribution is -2.30. The van der Waals surface area contributed by atoms with Crippen LogP contribution in [0.2, 0.25) is 0 Å². The van der Waals surface area contributed by atoms with Crippen molar-refractivity contribution in [3.05, 3.63) is 65.4 Å². The number of nitrogens with one attached hydrogen (secondary N) is 1. The van der Waals surface area contributed by atoms with Gasteiger partial charge in [-0.15, -0.1) is 0 Å². The number of para-hydroxylation sites is 1. The summed E-state index contributed by atoms with van der Waals surface area (Å²) in [5.41, 5.74) is 0.642. The second-order valence-electron chi connectivity index (χ2n) is 6.20. The number of carbonyl (C=O) groups excluding carboxylic acids is 2. The van der Waals surface area contributed by atoms with E-state index in [0.717, 1.165) is 18.2 Å². The fourth-order valence-electron chi connectivity index (χ4n) is 2.71. The van der Waals surface area contributed by atoms with Crippen molar-refractivity contribution in [2.24, 2.45) is 0 Å². The van der Waals surface area contributed by atoms with Crippen molar-refractivity contribution < 1.29 is 32.3 Å². The Bertz CT molecular complexity index is 1050. The number of furan rings is 1. The number of amides is 1. The first-order valence-electron chi connectivity index (χ1n) is 8.95. The summed E-state index contributed by atoms with van der Waals surface area (Å²) in [5.74, 6) is -3.27. The number of hydrogen-bond acceptors (Lipinski definition) is 5. The third kappa shape index (κ3) is 4.60. The van der Waals surface area contributed by atoms with E-state index in [9.17, 15) is 18.4 Å². The maximum Gasteiger partial charge on any atom is 0.375 e. The molecule has 2 aromatic carbocycles. The van der Waals surface area contributed by atoms with Gasteiger partial charge in [0.05, 0.1) is 12.3 Å². The minimum absolute atomic E-state index is 0.0729. The summed E-state index contributed by atoms with van der Waals surface area (Å²) in [6, 6.07) is 9.69.